The first-order chi connectivity index (χ1) is 20.6. The van der Waals surface area contributed by atoms with Gasteiger partial charge in [-0.15, -0.1) is 0 Å². The molecule has 47 heavy (non-hydrogen) atoms. The molecule has 3 nitrogen and oxygen atoms in total. The Balaban J connectivity index is 0.00000768. The monoisotopic (exact) mass is 843 g/mol. The van der Waals surface area contributed by atoms with Crippen molar-refractivity contribution in [3.63, 3.8) is 0 Å². The predicted octanol–water partition coefficient (Wildman–Crippen LogP) is 13.2. The summed E-state index contributed by atoms with van der Waals surface area (Å²) in [5.74, 6) is 2.37. The standard InChI is InChI=1S/C42H63O3P.Au/c1-37(2,3)28-19-22-34(31(25-28)40(10,11)12)43-46(44-35-23-20-29(38(4,5)6)26-32(35)41(13,14)15)45-36-24-21-30(39(7,8)9)27-33(36)42(16,17)18;/h19-27H,1-18H3;. The van der Waals surface area contributed by atoms with Gasteiger partial charge in [-0.2, -0.15) is 0 Å². The van der Waals surface area contributed by atoms with Gasteiger partial charge in [0, 0.05) is 39.1 Å². The summed E-state index contributed by atoms with van der Waals surface area (Å²) in [4.78, 5) is 0. The van der Waals surface area contributed by atoms with Crippen molar-refractivity contribution in [2.24, 2.45) is 0 Å². The van der Waals surface area contributed by atoms with Crippen molar-refractivity contribution in [1.29, 1.82) is 0 Å². The summed E-state index contributed by atoms with van der Waals surface area (Å²) in [7, 11) is -1.89. The van der Waals surface area contributed by atoms with E-state index in [1.165, 1.54) is 16.7 Å². The number of hydrogen-bond acceptors (Lipinski definition) is 3. The van der Waals surface area contributed by atoms with Gasteiger partial charge in [0.15, 0.2) is 0 Å². The van der Waals surface area contributed by atoms with E-state index in [9.17, 15) is 0 Å². The molecule has 0 aliphatic rings. The quantitative estimate of drug-likeness (QED) is 0.183. The molecule has 0 unspecified atom stereocenters. The molecule has 1 radical (unpaired) electrons. The minimum atomic E-state index is -1.89. The van der Waals surface area contributed by atoms with Crippen LogP contribution in [0.25, 0.3) is 0 Å². The van der Waals surface area contributed by atoms with Crippen LogP contribution in [0.3, 0.4) is 0 Å². The minimum absolute atomic E-state index is 0. The first-order valence-corrected chi connectivity index (χ1v) is 18.0. The summed E-state index contributed by atoms with van der Waals surface area (Å²) >= 11 is 0. The van der Waals surface area contributed by atoms with Crippen molar-refractivity contribution < 1.29 is 36.0 Å². The zero-order valence-electron chi connectivity index (χ0n) is 32.7. The molecule has 0 saturated carbocycles. The van der Waals surface area contributed by atoms with Gasteiger partial charge in [0.1, 0.15) is 17.2 Å². The fraction of sp³-hybridized carbons (Fsp3) is 0.571. The second-order valence-corrected chi connectivity index (χ2v) is 20.1. The largest absolute Gasteiger partial charge is 0.530 e. The third-order valence-corrected chi connectivity index (χ3v) is 9.52. The SMILES string of the molecule is CC(C)(C)c1ccc(OP(Oc2ccc(C(C)(C)C)cc2C(C)(C)C)Oc2ccc(C(C)(C)C)cc2C(C)(C)C)c(C(C)(C)C)c1.[Au]. The van der Waals surface area contributed by atoms with E-state index in [4.69, 9.17) is 13.6 Å². The third-order valence-electron chi connectivity index (χ3n) is 8.48. The molecule has 0 fully saturated rings. The van der Waals surface area contributed by atoms with Crippen molar-refractivity contribution in [3.05, 3.63) is 88.0 Å². The molecule has 0 bridgehead atoms. The van der Waals surface area contributed by atoms with E-state index in [1.807, 2.05) is 0 Å². The molecule has 3 aromatic rings. The van der Waals surface area contributed by atoms with Crippen molar-refractivity contribution >= 4 is 8.60 Å². The van der Waals surface area contributed by atoms with Gasteiger partial charge in [0.05, 0.1) is 0 Å². The van der Waals surface area contributed by atoms with Crippen LogP contribution in [0.2, 0.25) is 0 Å². The number of benzene rings is 3. The summed E-state index contributed by atoms with van der Waals surface area (Å²) in [6, 6.07) is 19.7. The minimum Gasteiger partial charge on any atom is -0.408 e. The summed E-state index contributed by atoms with van der Waals surface area (Å²) in [5, 5.41) is 0. The molecule has 3 rings (SSSR count). The van der Waals surface area contributed by atoms with E-state index < -0.39 is 8.60 Å². The predicted molar refractivity (Wildman–Crippen MR) is 200 cm³/mol. The van der Waals surface area contributed by atoms with E-state index >= 15 is 0 Å². The van der Waals surface area contributed by atoms with Crippen molar-refractivity contribution in [3.8, 4) is 17.2 Å². The van der Waals surface area contributed by atoms with Gasteiger partial charge in [0.25, 0.3) is 0 Å². The molecule has 0 spiro atoms. The maximum Gasteiger partial charge on any atom is 0.530 e. The molecule has 0 aliphatic heterocycles. The molecular formula is C42H63AuO3P. The first-order valence-electron chi connectivity index (χ1n) is 16.9. The van der Waals surface area contributed by atoms with Crippen LogP contribution in [0.4, 0.5) is 0 Å². The maximum atomic E-state index is 6.90. The van der Waals surface area contributed by atoms with Crippen molar-refractivity contribution in [2.75, 3.05) is 0 Å². The molecule has 3 aromatic carbocycles. The Morgan fingerprint density at radius 1 is 0.340 bits per heavy atom. The first kappa shape index (κ1) is 41.4. The van der Waals surface area contributed by atoms with Gasteiger partial charge in [-0.3, -0.25) is 0 Å². The molecule has 0 amide bonds. The van der Waals surface area contributed by atoms with Crippen molar-refractivity contribution in [2.45, 2.75) is 157 Å². The Kier molecular flexibility index (Phi) is 12.5. The zero-order chi connectivity index (χ0) is 35.3. The molecule has 0 atom stereocenters. The van der Waals surface area contributed by atoms with Crippen LogP contribution in [0.15, 0.2) is 54.6 Å². The Hall–Kier alpha value is -1.77. The maximum absolute atomic E-state index is 6.90. The van der Waals surface area contributed by atoms with Gasteiger partial charge in [-0.1, -0.05) is 161 Å². The average molecular weight is 844 g/mol. The Bertz CT molecular complexity index is 1330. The van der Waals surface area contributed by atoms with Crippen LogP contribution < -0.4 is 13.6 Å². The molecule has 0 heterocycles. The summed E-state index contributed by atoms with van der Waals surface area (Å²) in [5.41, 5.74) is 6.85. The van der Waals surface area contributed by atoms with Gasteiger partial charge in [-0.05, 0) is 67.4 Å². The fourth-order valence-electron chi connectivity index (χ4n) is 5.28. The Morgan fingerprint density at radius 2 is 0.553 bits per heavy atom. The molecular weight excluding hydrogens is 780 g/mol. The zero-order valence-corrected chi connectivity index (χ0v) is 35.7. The van der Waals surface area contributed by atoms with E-state index in [0.717, 1.165) is 33.9 Å². The second kappa shape index (κ2) is 14.2. The van der Waals surface area contributed by atoms with Crippen LogP contribution in [0, 0.1) is 0 Å². The van der Waals surface area contributed by atoms with E-state index in [2.05, 4.69) is 179 Å². The van der Waals surface area contributed by atoms with Crippen LogP contribution >= 0.6 is 8.60 Å². The molecule has 265 valence electrons. The third kappa shape index (κ3) is 10.9. The van der Waals surface area contributed by atoms with E-state index in [0.29, 0.717) is 0 Å². The topological polar surface area (TPSA) is 27.7 Å². The average Bonchev–Trinajstić information content (AvgIpc) is 2.85. The van der Waals surface area contributed by atoms with Gasteiger partial charge < -0.3 is 13.6 Å². The van der Waals surface area contributed by atoms with Gasteiger partial charge in [-0.25, -0.2) is 0 Å². The van der Waals surface area contributed by atoms with Crippen LogP contribution in [0.1, 0.15) is 158 Å². The fourth-order valence-corrected chi connectivity index (χ4v) is 6.35. The van der Waals surface area contributed by atoms with E-state index in [1.54, 1.807) is 0 Å². The summed E-state index contributed by atoms with van der Waals surface area (Å²) in [6.07, 6.45) is 0. The summed E-state index contributed by atoms with van der Waals surface area (Å²) in [6.45, 7) is 40.3. The van der Waals surface area contributed by atoms with E-state index in [-0.39, 0.29) is 54.9 Å². The summed E-state index contributed by atoms with van der Waals surface area (Å²) < 4.78 is 20.7. The van der Waals surface area contributed by atoms with Gasteiger partial charge >= 0.3 is 8.60 Å². The van der Waals surface area contributed by atoms with Crippen LogP contribution in [-0.4, -0.2) is 0 Å². The van der Waals surface area contributed by atoms with Crippen LogP contribution in [-0.2, 0) is 54.9 Å². The number of hydrogen-bond donors (Lipinski definition) is 0. The molecule has 0 saturated heterocycles. The normalized spacial score (nSPS) is 13.3. The molecule has 0 N–H and O–H groups in total. The molecule has 5 heteroatoms. The Morgan fingerprint density at radius 3 is 0.723 bits per heavy atom. The van der Waals surface area contributed by atoms with Crippen molar-refractivity contribution in [1.82, 2.24) is 0 Å². The second-order valence-electron chi connectivity index (χ2n) is 19.1. The van der Waals surface area contributed by atoms with Crippen LogP contribution in [0.5, 0.6) is 17.2 Å². The smallest absolute Gasteiger partial charge is 0.408 e. The molecule has 0 aromatic heterocycles. The molecule has 0 aliphatic carbocycles. The Labute approximate surface area is 305 Å². The van der Waals surface area contributed by atoms with Gasteiger partial charge in [0.2, 0.25) is 0 Å². The number of rotatable bonds is 6.